The molecule has 2 rings (SSSR count). The van der Waals surface area contributed by atoms with Crippen LogP contribution < -0.4 is 0 Å². The number of carbonyl (C=O) groups is 1. The SMILES string of the molecule is Cc1cc(F)cc(C(=O)Cc2cccc(C(F)(F)F)c2)c1. The Kier molecular flexibility index (Phi) is 4.11. The van der Waals surface area contributed by atoms with Gasteiger partial charge < -0.3 is 0 Å². The lowest BCUT2D eigenvalue weighted by Gasteiger charge is -2.08. The fourth-order valence-electron chi connectivity index (χ4n) is 2.04. The van der Waals surface area contributed by atoms with Gasteiger partial charge in [0.25, 0.3) is 0 Å². The number of Topliss-reactive ketones (excluding diaryl/α,β-unsaturated/α-hetero) is 1. The molecule has 0 unspecified atom stereocenters. The van der Waals surface area contributed by atoms with Crippen LogP contribution in [0.4, 0.5) is 17.6 Å². The number of carbonyl (C=O) groups excluding carboxylic acids is 1. The molecule has 0 saturated carbocycles. The molecule has 0 aromatic heterocycles. The first kappa shape index (κ1) is 15.2. The second-order valence-corrected chi connectivity index (χ2v) is 4.82. The Morgan fingerprint density at radius 3 is 2.43 bits per heavy atom. The predicted molar refractivity (Wildman–Crippen MR) is 70.6 cm³/mol. The summed E-state index contributed by atoms with van der Waals surface area (Å²) in [6.07, 6.45) is -4.65. The number of ketones is 1. The molecular weight excluding hydrogens is 284 g/mol. The van der Waals surface area contributed by atoms with Crippen LogP contribution in [0.5, 0.6) is 0 Å². The predicted octanol–water partition coefficient (Wildman–Crippen LogP) is 4.58. The summed E-state index contributed by atoms with van der Waals surface area (Å²) in [5.74, 6) is -0.959. The summed E-state index contributed by atoms with van der Waals surface area (Å²) >= 11 is 0. The second kappa shape index (κ2) is 5.68. The van der Waals surface area contributed by atoms with Gasteiger partial charge in [0.15, 0.2) is 5.78 Å². The van der Waals surface area contributed by atoms with Gasteiger partial charge in [-0.3, -0.25) is 4.79 Å². The molecule has 2 aromatic carbocycles. The second-order valence-electron chi connectivity index (χ2n) is 4.82. The van der Waals surface area contributed by atoms with Gasteiger partial charge in [-0.1, -0.05) is 18.2 Å². The zero-order valence-corrected chi connectivity index (χ0v) is 11.2. The molecule has 0 radical (unpaired) electrons. The van der Waals surface area contributed by atoms with Gasteiger partial charge in [-0.25, -0.2) is 4.39 Å². The van der Waals surface area contributed by atoms with Crippen LogP contribution in [0.25, 0.3) is 0 Å². The summed E-state index contributed by atoms with van der Waals surface area (Å²) in [5.41, 5.74) is 0.187. The van der Waals surface area contributed by atoms with Gasteiger partial charge in [0.1, 0.15) is 5.82 Å². The number of hydrogen-bond acceptors (Lipinski definition) is 1. The summed E-state index contributed by atoms with van der Waals surface area (Å²) in [7, 11) is 0. The monoisotopic (exact) mass is 296 g/mol. The standard InChI is InChI=1S/C16H12F4O/c1-10-5-12(9-14(17)6-10)15(21)8-11-3-2-4-13(7-11)16(18,19)20/h2-7,9H,8H2,1H3. The van der Waals surface area contributed by atoms with E-state index < -0.39 is 23.3 Å². The molecule has 0 fully saturated rings. The first-order valence-corrected chi connectivity index (χ1v) is 6.22. The van der Waals surface area contributed by atoms with Crippen LogP contribution in [0, 0.1) is 12.7 Å². The highest BCUT2D eigenvalue weighted by Crippen LogP contribution is 2.29. The van der Waals surface area contributed by atoms with E-state index in [4.69, 9.17) is 0 Å². The normalized spacial score (nSPS) is 11.5. The molecule has 0 bridgehead atoms. The van der Waals surface area contributed by atoms with E-state index in [1.54, 1.807) is 6.92 Å². The van der Waals surface area contributed by atoms with Gasteiger partial charge in [0, 0.05) is 12.0 Å². The lowest BCUT2D eigenvalue weighted by molar-refractivity contribution is -0.137. The number of benzene rings is 2. The Morgan fingerprint density at radius 1 is 1.10 bits per heavy atom. The summed E-state index contributed by atoms with van der Waals surface area (Å²) < 4.78 is 51.0. The van der Waals surface area contributed by atoms with E-state index >= 15 is 0 Å². The Bertz CT molecular complexity index is 654. The number of halogens is 4. The topological polar surface area (TPSA) is 17.1 Å². The molecule has 0 saturated heterocycles. The smallest absolute Gasteiger partial charge is 0.294 e. The first-order chi connectivity index (χ1) is 9.75. The van der Waals surface area contributed by atoms with Gasteiger partial charge >= 0.3 is 6.18 Å². The Balaban J connectivity index is 2.23. The van der Waals surface area contributed by atoms with Crippen molar-refractivity contribution in [2.45, 2.75) is 19.5 Å². The minimum absolute atomic E-state index is 0.157. The highest BCUT2D eigenvalue weighted by atomic mass is 19.4. The van der Waals surface area contributed by atoms with Crippen molar-refractivity contribution in [2.75, 3.05) is 0 Å². The molecule has 0 atom stereocenters. The Labute approximate surface area is 119 Å². The number of hydrogen-bond donors (Lipinski definition) is 0. The van der Waals surface area contributed by atoms with Gasteiger partial charge in [-0.2, -0.15) is 13.2 Å². The van der Waals surface area contributed by atoms with Crippen LogP contribution in [0.3, 0.4) is 0 Å². The third-order valence-corrected chi connectivity index (χ3v) is 2.98. The van der Waals surface area contributed by atoms with Crippen LogP contribution >= 0.6 is 0 Å². The first-order valence-electron chi connectivity index (χ1n) is 6.22. The van der Waals surface area contributed by atoms with Crippen molar-refractivity contribution in [3.05, 3.63) is 70.5 Å². The van der Waals surface area contributed by atoms with Crippen LogP contribution in [0.1, 0.15) is 27.0 Å². The molecule has 0 heterocycles. The number of alkyl halides is 3. The van der Waals surface area contributed by atoms with Crippen LogP contribution in [0.15, 0.2) is 42.5 Å². The van der Waals surface area contributed by atoms with Crippen molar-refractivity contribution in [3.8, 4) is 0 Å². The van der Waals surface area contributed by atoms with Crippen LogP contribution in [-0.2, 0) is 12.6 Å². The average molecular weight is 296 g/mol. The molecule has 0 aliphatic carbocycles. The summed E-state index contributed by atoms with van der Waals surface area (Å²) in [5, 5.41) is 0. The lowest BCUT2D eigenvalue weighted by Crippen LogP contribution is -2.08. The zero-order chi connectivity index (χ0) is 15.6. The van der Waals surface area contributed by atoms with E-state index in [1.165, 1.54) is 24.3 Å². The highest BCUT2D eigenvalue weighted by Gasteiger charge is 2.30. The summed E-state index contributed by atoms with van der Waals surface area (Å²) in [6, 6.07) is 8.45. The number of aryl methyl sites for hydroxylation is 1. The maximum atomic E-state index is 13.2. The molecule has 0 aliphatic heterocycles. The molecule has 0 aliphatic rings. The van der Waals surface area contributed by atoms with E-state index in [9.17, 15) is 22.4 Å². The fourth-order valence-corrected chi connectivity index (χ4v) is 2.04. The maximum absolute atomic E-state index is 13.2. The zero-order valence-electron chi connectivity index (χ0n) is 11.2. The van der Waals surface area contributed by atoms with E-state index in [0.29, 0.717) is 5.56 Å². The third-order valence-electron chi connectivity index (χ3n) is 2.98. The molecule has 1 nitrogen and oxygen atoms in total. The summed E-state index contributed by atoms with van der Waals surface area (Å²) in [6.45, 7) is 1.64. The fraction of sp³-hybridized carbons (Fsp3) is 0.188. The largest absolute Gasteiger partial charge is 0.416 e. The highest BCUT2D eigenvalue weighted by molar-refractivity contribution is 5.97. The van der Waals surface area contributed by atoms with Crippen molar-refractivity contribution < 1.29 is 22.4 Å². The van der Waals surface area contributed by atoms with Crippen molar-refractivity contribution >= 4 is 5.78 Å². The quantitative estimate of drug-likeness (QED) is 0.598. The van der Waals surface area contributed by atoms with Crippen molar-refractivity contribution in [3.63, 3.8) is 0 Å². The van der Waals surface area contributed by atoms with Gasteiger partial charge in [-0.05, 0) is 42.3 Å². The van der Waals surface area contributed by atoms with E-state index in [2.05, 4.69) is 0 Å². The third kappa shape index (κ3) is 3.90. The minimum Gasteiger partial charge on any atom is -0.294 e. The number of rotatable bonds is 3. The average Bonchev–Trinajstić information content (AvgIpc) is 2.37. The van der Waals surface area contributed by atoms with Crippen molar-refractivity contribution in [1.82, 2.24) is 0 Å². The van der Waals surface area contributed by atoms with Gasteiger partial charge in [-0.15, -0.1) is 0 Å². The van der Waals surface area contributed by atoms with Gasteiger partial charge in [0.2, 0.25) is 0 Å². The Hall–Kier alpha value is -2.17. The summed E-state index contributed by atoms with van der Waals surface area (Å²) in [4.78, 5) is 12.0. The minimum atomic E-state index is -4.45. The molecule has 0 N–H and O–H groups in total. The lowest BCUT2D eigenvalue weighted by atomic mass is 10.00. The van der Waals surface area contributed by atoms with Crippen LogP contribution in [-0.4, -0.2) is 5.78 Å². The van der Waals surface area contributed by atoms with Crippen molar-refractivity contribution in [1.29, 1.82) is 0 Å². The molecule has 110 valence electrons. The maximum Gasteiger partial charge on any atom is 0.416 e. The molecule has 0 amide bonds. The van der Waals surface area contributed by atoms with Crippen LogP contribution in [0.2, 0.25) is 0 Å². The van der Waals surface area contributed by atoms with Crippen molar-refractivity contribution in [2.24, 2.45) is 0 Å². The molecule has 0 spiro atoms. The molecule has 5 heteroatoms. The molecular formula is C16H12F4O. The van der Waals surface area contributed by atoms with E-state index in [0.717, 1.165) is 18.2 Å². The van der Waals surface area contributed by atoms with E-state index in [1.807, 2.05) is 0 Å². The Morgan fingerprint density at radius 2 is 1.81 bits per heavy atom. The van der Waals surface area contributed by atoms with E-state index in [-0.39, 0.29) is 17.5 Å². The van der Waals surface area contributed by atoms with Gasteiger partial charge in [0.05, 0.1) is 5.56 Å². The molecule has 21 heavy (non-hydrogen) atoms. The molecule has 2 aromatic rings.